The number of carboxylic acids is 1. The van der Waals surface area contributed by atoms with Gasteiger partial charge in [0, 0.05) is 16.0 Å². The van der Waals surface area contributed by atoms with Crippen molar-refractivity contribution in [3.63, 3.8) is 0 Å². The van der Waals surface area contributed by atoms with Gasteiger partial charge in [-0.2, -0.15) is 0 Å². The van der Waals surface area contributed by atoms with Crippen LogP contribution in [0.5, 0.6) is 0 Å². The molecule has 5 heteroatoms. The molecule has 104 valence electrons. The molecule has 0 aliphatic rings. The molecule has 3 N–H and O–H groups in total. The van der Waals surface area contributed by atoms with E-state index in [2.05, 4.69) is 0 Å². The maximum Gasteiger partial charge on any atom is 0.321 e. The van der Waals surface area contributed by atoms with E-state index in [0.29, 0.717) is 10.0 Å². The summed E-state index contributed by atoms with van der Waals surface area (Å²) >= 11 is 11.7. The number of hydrogen-bond donors (Lipinski definition) is 2. The number of carboxylic acid groups (broad SMARTS) is 1. The average molecular weight is 310 g/mol. The highest BCUT2D eigenvalue weighted by molar-refractivity contribution is 6.30. The van der Waals surface area contributed by atoms with E-state index in [9.17, 15) is 9.90 Å². The molecule has 1 unspecified atom stereocenters. The highest BCUT2D eigenvalue weighted by Crippen LogP contribution is 2.29. The highest BCUT2D eigenvalue weighted by atomic mass is 35.5. The minimum Gasteiger partial charge on any atom is -0.480 e. The van der Waals surface area contributed by atoms with Gasteiger partial charge in [-0.3, -0.25) is 4.79 Å². The Bertz CT molecular complexity index is 551. The second-order valence-electron chi connectivity index (χ2n) is 4.44. The number of hydrogen-bond acceptors (Lipinski definition) is 2. The van der Waals surface area contributed by atoms with Gasteiger partial charge in [0.05, 0.1) is 0 Å². The monoisotopic (exact) mass is 309 g/mol. The number of halogens is 2. The van der Waals surface area contributed by atoms with E-state index in [0.717, 1.165) is 11.1 Å². The Balaban J connectivity index is 2.46. The fourth-order valence-corrected chi connectivity index (χ4v) is 2.34. The van der Waals surface area contributed by atoms with Crippen molar-refractivity contribution in [1.82, 2.24) is 0 Å². The second-order valence-corrected chi connectivity index (χ2v) is 5.32. The molecule has 3 nitrogen and oxygen atoms in total. The number of aliphatic carboxylic acids is 1. The van der Waals surface area contributed by atoms with Gasteiger partial charge in [0.15, 0.2) is 0 Å². The zero-order valence-corrected chi connectivity index (χ0v) is 12.0. The number of carbonyl (C=O) groups is 1. The largest absolute Gasteiger partial charge is 0.480 e. The summed E-state index contributed by atoms with van der Waals surface area (Å²) in [6, 6.07) is 13.0. The van der Waals surface area contributed by atoms with E-state index in [1.54, 1.807) is 48.5 Å². The Labute approximate surface area is 126 Å². The van der Waals surface area contributed by atoms with Crippen molar-refractivity contribution in [3.05, 3.63) is 69.7 Å². The lowest BCUT2D eigenvalue weighted by Crippen LogP contribution is -2.37. The molecule has 0 aliphatic carbocycles. The van der Waals surface area contributed by atoms with Crippen LogP contribution in [0.2, 0.25) is 10.0 Å². The third-order valence-corrected chi connectivity index (χ3v) is 3.61. The van der Waals surface area contributed by atoms with Gasteiger partial charge in [-0.15, -0.1) is 0 Å². The third-order valence-electron chi connectivity index (χ3n) is 3.10. The van der Waals surface area contributed by atoms with Crippen LogP contribution in [0.1, 0.15) is 17.0 Å². The summed E-state index contributed by atoms with van der Waals surface area (Å²) in [7, 11) is 0. The SMILES string of the molecule is NC(C(=O)O)C(c1ccc(Cl)cc1)c1ccc(Cl)cc1. The van der Waals surface area contributed by atoms with Crippen LogP contribution in [0.3, 0.4) is 0 Å². The predicted octanol–water partition coefficient (Wildman–Crippen LogP) is 3.54. The van der Waals surface area contributed by atoms with Crippen molar-refractivity contribution in [2.24, 2.45) is 5.73 Å². The molecular formula is C15H13Cl2NO2. The Morgan fingerprint density at radius 1 is 0.900 bits per heavy atom. The summed E-state index contributed by atoms with van der Waals surface area (Å²) in [5.41, 5.74) is 7.43. The first kappa shape index (κ1) is 14.9. The van der Waals surface area contributed by atoms with E-state index in [4.69, 9.17) is 28.9 Å². The summed E-state index contributed by atoms with van der Waals surface area (Å²) in [4.78, 5) is 11.2. The molecule has 0 saturated heterocycles. The van der Waals surface area contributed by atoms with E-state index in [1.165, 1.54) is 0 Å². The number of rotatable bonds is 4. The van der Waals surface area contributed by atoms with Crippen LogP contribution in [0, 0.1) is 0 Å². The summed E-state index contributed by atoms with van der Waals surface area (Å²) in [5, 5.41) is 10.4. The Hall–Kier alpha value is -1.55. The first-order valence-corrected chi connectivity index (χ1v) is 6.74. The van der Waals surface area contributed by atoms with Crippen LogP contribution in [-0.4, -0.2) is 17.1 Å². The maximum absolute atomic E-state index is 11.2. The molecule has 0 amide bonds. The summed E-state index contributed by atoms with van der Waals surface area (Å²) in [5.74, 6) is -1.51. The zero-order valence-electron chi connectivity index (χ0n) is 10.5. The molecule has 1 atom stereocenters. The Morgan fingerprint density at radius 3 is 1.55 bits per heavy atom. The average Bonchev–Trinajstić information content (AvgIpc) is 2.43. The summed E-state index contributed by atoms with van der Waals surface area (Å²) in [6.45, 7) is 0. The van der Waals surface area contributed by atoms with Crippen LogP contribution >= 0.6 is 23.2 Å². The maximum atomic E-state index is 11.2. The predicted molar refractivity (Wildman–Crippen MR) is 80.4 cm³/mol. The minimum absolute atomic E-state index is 0.456. The molecule has 2 aromatic carbocycles. The van der Waals surface area contributed by atoms with Gasteiger partial charge < -0.3 is 10.8 Å². The van der Waals surface area contributed by atoms with Gasteiger partial charge in [0.1, 0.15) is 6.04 Å². The Kier molecular flexibility index (Phi) is 4.65. The number of nitrogens with two attached hydrogens (primary N) is 1. The lowest BCUT2D eigenvalue weighted by molar-refractivity contribution is -0.138. The first-order valence-electron chi connectivity index (χ1n) is 5.98. The number of benzene rings is 2. The molecule has 0 bridgehead atoms. The molecule has 0 heterocycles. The van der Waals surface area contributed by atoms with E-state index in [-0.39, 0.29) is 0 Å². The molecule has 0 aliphatic heterocycles. The first-order chi connectivity index (χ1) is 9.49. The van der Waals surface area contributed by atoms with Crippen molar-refractivity contribution in [1.29, 1.82) is 0 Å². The van der Waals surface area contributed by atoms with Crippen LogP contribution in [0.25, 0.3) is 0 Å². The fraction of sp³-hybridized carbons (Fsp3) is 0.133. The standard InChI is InChI=1S/C15H13Cl2NO2/c16-11-5-1-9(2-6-11)13(14(18)15(19)20)10-3-7-12(17)8-4-10/h1-8,13-14H,18H2,(H,19,20). The molecule has 0 saturated carbocycles. The van der Waals surface area contributed by atoms with E-state index >= 15 is 0 Å². The van der Waals surface area contributed by atoms with Crippen LogP contribution in [0.15, 0.2) is 48.5 Å². The van der Waals surface area contributed by atoms with Crippen molar-refractivity contribution < 1.29 is 9.90 Å². The quantitative estimate of drug-likeness (QED) is 0.908. The van der Waals surface area contributed by atoms with Crippen LogP contribution in [0.4, 0.5) is 0 Å². The smallest absolute Gasteiger partial charge is 0.321 e. The minimum atomic E-state index is -1.06. The van der Waals surface area contributed by atoms with E-state index < -0.39 is 17.9 Å². The van der Waals surface area contributed by atoms with Crippen molar-refractivity contribution in [2.75, 3.05) is 0 Å². The summed E-state index contributed by atoms with van der Waals surface area (Å²) in [6.07, 6.45) is 0. The molecule has 2 aromatic rings. The second kappa shape index (κ2) is 6.27. The molecule has 0 aromatic heterocycles. The van der Waals surface area contributed by atoms with Crippen molar-refractivity contribution in [3.8, 4) is 0 Å². The van der Waals surface area contributed by atoms with Gasteiger partial charge in [0.2, 0.25) is 0 Å². The topological polar surface area (TPSA) is 63.3 Å². The van der Waals surface area contributed by atoms with Crippen molar-refractivity contribution >= 4 is 29.2 Å². The van der Waals surface area contributed by atoms with Crippen molar-refractivity contribution in [2.45, 2.75) is 12.0 Å². The summed E-state index contributed by atoms with van der Waals surface area (Å²) < 4.78 is 0. The van der Waals surface area contributed by atoms with Gasteiger partial charge in [-0.1, -0.05) is 47.5 Å². The lowest BCUT2D eigenvalue weighted by Gasteiger charge is -2.22. The fourth-order valence-electron chi connectivity index (χ4n) is 2.09. The normalized spacial score (nSPS) is 12.4. The molecule has 0 radical (unpaired) electrons. The molecule has 2 rings (SSSR count). The van der Waals surface area contributed by atoms with Gasteiger partial charge in [-0.05, 0) is 35.4 Å². The van der Waals surface area contributed by atoms with E-state index in [1.807, 2.05) is 0 Å². The van der Waals surface area contributed by atoms with Gasteiger partial charge in [-0.25, -0.2) is 0 Å². The van der Waals surface area contributed by atoms with Crippen LogP contribution < -0.4 is 5.73 Å². The zero-order chi connectivity index (χ0) is 14.7. The third kappa shape index (κ3) is 3.31. The highest BCUT2D eigenvalue weighted by Gasteiger charge is 2.27. The van der Waals surface area contributed by atoms with Gasteiger partial charge in [0.25, 0.3) is 0 Å². The molecular weight excluding hydrogens is 297 g/mol. The lowest BCUT2D eigenvalue weighted by atomic mass is 9.85. The molecule has 20 heavy (non-hydrogen) atoms. The van der Waals surface area contributed by atoms with Crippen LogP contribution in [-0.2, 0) is 4.79 Å². The van der Waals surface area contributed by atoms with Gasteiger partial charge >= 0.3 is 5.97 Å². The molecule has 0 fully saturated rings. The molecule has 0 spiro atoms. The Morgan fingerprint density at radius 2 is 1.25 bits per heavy atom.